The van der Waals surface area contributed by atoms with Crippen LogP contribution in [0.15, 0.2) is 30.3 Å². The monoisotopic (exact) mass is 498 g/mol. The standard InChI is InChI=1S/C27H31FN2O6/c1-15(2)26-21(9-8-19(31)11-20(32)12-24(34)35)25(16-3-5-17(28)6-4-16)22-14-36-13-18-7-10-23(33)30(18)27(22)29-26/h3-6,8-9,15,18-20,31-32H,7,10-14H2,1-2H3,(H,34,35)/t18-,19+,20+/m0/s1. The summed E-state index contributed by atoms with van der Waals surface area (Å²) in [5.41, 5.74) is 3.55. The number of aliphatic hydroxyl groups is 2. The number of amides is 1. The maximum absolute atomic E-state index is 13.8. The number of fused-ring (bicyclic) bond motifs is 3. The molecule has 1 saturated heterocycles. The van der Waals surface area contributed by atoms with Gasteiger partial charge in [0.15, 0.2) is 0 Å². The fraction of sp³-hybridized carbons (Fsp3) is 0.444. The van der Waals surface area contributed by atoms with E-state index in [4.69, 9.17) is 14.8 Å². The molecule has 1 aromatic carbocycles. The van der Waals surface area contributed by atoms with E-state index >= 15 is 0 Å². The van der Waals surface area contributed by atoms with Crippen LogP contribution in [-0.2, 0) is 20.9 Å². The molecule has 9 heteroatoms. The van der Waals surface area contributed by atoms with Crippen LogP contribution < -0.4 is 4.90 Å². The van der Waals surface area contributed by atoms with Crippen LogP contribution in [0.2, 0.25) is 0 Å². The van der Waals surface area contributed by atoms with Crippen LogP contribution in [0.4, 0.5) is 10.2 Å². The van der Waals surface area contributed by atoms with Gasteiger partial charge < -0.3 is 20.1 Å². The van der Waals surface area contributed by atoms with Crippen molar-refractivity contribution in [3.63, 3.8) is 0 Å². The van der Waals surface area contributed by atoms with E-state index < -0.39 is 24.6 Å². The van der Waals surface area contributed by atoms with Crippen LogP contribution in [0, 0.1) is 5.82 Å². The molecule has 3 heterocycles. The molecular formula is C27H31FN2O6. The van der Waals surface area contributed by atoms with Crippen LogP contribution in [0.1, 0.15) is 62.3 Å². The summed E-state index contributed by atoms with van der Waals surface area (Å²) >= 11 is 0. The molecule has 192 valence electrons. The maximum atomic E-state index is 13.8. The van der Waals surface area contributed by atoms with Crippen molar-refractivity contribution in [2.24, 2.45) is 0 Å². The zero-order valence-electron chi connectivity index (χ0n) is 20.4. The largest absolute Gasteiger partial charge is 0.481 e. The number of ether oxygens (including phenoxy) is 1. The first-order valence-electron chi connectivity index (χ1n) is 12.1. The van der Waals surface area contributed by atoms with Crippen molar-refractivity contribution < 1.29 is 34.0 Å². The molecule has 1 amide bonds. The number of nitrogens with zero attached hydrogens (tertiary/aromatic N) is 2. The van der Waals surface area contributed by atoms with E-state index in [1.807, 2.05) is 13.8 Å². The van der Waals surface area contributed by atoms with Gasteiger partial charge in [0.1, 0.15) is 11.6 Å². The minimum Gasteiger partial charge on any atom is -0.481 e. The van der Waals surface area contributed by atoms with E-state index in [2.05, 4.69) is 0 Å². The predicted molar refractivity (Wildman–Crippen MR) is 132 cm³/mol. The van der Waals surface area contributed by atoms with Crippen molar-refractivity contribution in [1.82, 2.24) is 4.98 Å². The third-order valence-corrected chi connectivity index (χ3v) is 6.54. The fourth-order valence-corrected chi connectivity index (χ4v) is 4.87. The van der Waals surface area contributed by atoms with Crippen molar-refractivity contribution in [2.45, 2.75) is 70.3 Å². The number of rotatable bonds is 8. The summed E-state index contributed by atoms with van der Waals surface area (Å²) in [7, 11) is 0. The molecule has 0 radical (unpaired) electrons. The molecule has 2 aliphatic rings. The van der Waals surface area contributed by atoms with E-state index in [-0.39, 0.29) is 36.7 Å². The second-order valence-corrected chi connectivity index (χ2v) is 9.63. The average molecular weight is 499 g/mol. The Hall–Kier alpha value is -3.14. The normalized spacial score (nSPS) is 19.3. The summed E-state index contributed by atoms with van der Waals surface area (Å²) in [5, 5.41) is 29.3. The molecule has 1 aromatic heterocycles. The summed E-state index contributed by atoms with van der Waals surface area (Å²) in [5.74, 6) is -1.04. The Bertz CT molecular complexity index is 1160. The first kappa shape index (κ1) is 25.9. The molecule has 36 heavy (non-hydrogen) atoms. The first-order valence-corrected chi connectivity index (χ1v) is 12.1. The molecule has 2 aliphatic heterocycles. The van der Waals surface area contributed by atoms with E-state index in [0.717, 1.165) is 5.56 Å². The maximum Gasteiger partial charge on any atom is 0.305 e. The lowest BCUT2D eigenvalue weighted by Crippen LogP contribution is -2.36. The molecule has 4 rings (SSSR count). The smallest absolute Gasteiger partial charge is 0.305 e. The van der Waals surface area contributed by atoms with Gasteiger partial charge >= 0.3 is 5.97 Å². The molecule has 3 atom stereocenters. The Balaban J connectivity index is 1.87. The van der Waals surface area contributed by atoms with E-state index in [1.54, 1.807) is 23.1 Å². The van der Waals surface area contributed by atoms with Gasteiger partial charge in [0.05, 0.1) is 43.6 Å². The molecule has 0 unspecified atom stereocenters. The summed E-state index contributed by atoms with van der Waals surface area (Å²) in [6.45, 7) is 4.57. The van der Waals surface area contributed by atoms with Crippen molar-refractivity contribution in [3.05, 3.63) is 53.0 Å². The van der Waals surface area contributed by atoms with Gasteiger partial charge in [-0.3, -0.25) is 14.5 Å². The Labute approximate surface area is 209 Å². The van der Waals surface area contributed by atoms with Crippen LogP contribution in [-0.4, -0.2) is 57.0 Å². The highest BCUT2D eigenvalue weighted by Gasteiger charge is 2.38. The lowest BCUT2D eigenvalue weighted by atomic mass is 9.89. The zero-order chi connectivity index (χ0) is 26.0. The molecular weight excluding hydrogens is 467 g/mol. The number of anilines is 1. The van der Waals surface area contributed by atoms with Crippen molar-refractivity contribution in [3.8, 4) is 11.1 Å². The molecule has 8 nitrogen and oxygen atoms in total. The number of carbonyl (C=O) groups is 2. The van der Waals surface area contributed by atoms with Crippen LogP contribution >= 0.6 is 0 Å². The summed E-state index contributed by atoms with van der Waals surface area (Å²) in [6, 6.07) is 5.96. The number of aromatic nitrogens is 1. The summed E-state index contributed by atoms with van der Waals surface area (Å²) in [6.07, 6.45) is 1.41. The Morgan fingerprint density at radius 3 is 2.67 bits per heavy atom. The van der Waals surface area contributed by atoms with E-state index in [9.17, 15) is 24.2 Å². The van der Waals surface area contributed by atoms with Crippen molar-refractivity contribution >= 4 is 23.8 Å². The molecule has 0 spiro atoms. The second kappa shape index (κ2) is 10.9. The van der Waals surface area contributed by atoms with Gasteiger partial charge in [-0.25, -0.2) is 9.37 Å². The molecule has 0 saturated carbocycles. The molecule has 0 aliphatic carbocycles. The summed E-state index contributed by atoms with van der Waals surface area (Å²) < 4.78 is 19.8. The quantitative estimate of drug-likeness (QED) is 0.508. The van der Waals surface area contributed by atoms with Crippen LogP contribution in [0.3, 0.4) is 0 Å². The van der Waals surface area contributed by atoms with Crippen LogP contribution in [0.25, 0.3) is 17.2 Å². The first-order chi connectivity index (χ1) is 17.2. The topological polar surface area (TPSA) is 120 Å². The SMILES string of the molecule is CC(C)c1nc2c(c(-c3ccc(F)cc3)c1C=C[C@@H](O)C[C@@H](O)CC(=O)O)COC[C@@H]1CCC(=O)N21. The summed E-state index contributed by atoms with van der Waals surface area (Å²) in [4.78, 5) is 30.4. The number of benzene rings is 1. The molecule has 2 aromatic rings. The van der Waals surface area contributed by atoms with Crippen molar-refractivity contribution in [2.75, 3.05) is 11.5 Å². The zero-order valence-corrected chi connectivity index (χ0v) is 20.4. The number of carboxylic acids is 1. The number of halogens is 1. The number of hydrogen-bond acceptors (Lipinski definition) is 6. The predicted octanol–water partition coefficient (Wildman–Crippen LogP) is 3.64. The molecule has 0 bridgehead atoms. The van der Waals surface area contributed by atoms with E-state index in [0.29, 0.717) is 47.7 Å². The van der Waals surface area contributed by atoms with E-state index in [1.165, 1.54) is 18.2 Å². The second-order valence-electron chi connectivity index (χ2n) is 9.63. The number of aliphatic hydroxyl groups excluding tert-OH is 2. The molecule has 3 N–H and O–H groups in total. The fourth-order valence-electron chi connectivity index (χ4n) is 4.87. The Morgan fingerprint density at radius 2 is 2.00 bits per heavy atom. The van der Waals surface area contributed by atoms with Gasteiger partial charge in [0.25, 0.3) is 0 Å². The van der Waals surface area contributed by atoms with Gasteiger partial charge in [0.2, 0.25) is 5.91 Å². The number of pyridine rings is 1. The van der Waals surface area contributed by atoms with Gasteiger partial charge in [-0.15, -0.1) is 0 Å². The lowest BCUT2D eigenvalue weighted by molar-refractivity contribution is -0.139. The van der Waals surface area contributed by atoms with Gasteiger partial charge in [-0.2, -0.15) is 0 Å². The Kier molecular flexibility index (Phi) is 7.82. The number of hydrogen-bond donors (Lipinski definition) is 3. The number of carbonyl (C=O) groups excluding carboxylic acids is 1. The van der Waals surface area contributed by atoms with Crippen molar-refractivity contribution in [1.29, 1.82) is 0 Å². The minimum atomic E-state index is -1.19. The number of aliphatic carboxylic acids is 1. The van der Waals surface area contributed by atoms with Gasteiger partial charge in [-0.1, -0.05) is 38.1 Å². The highest BCUT2D eigenvalue weighted by molar-refractivity contribution is 5.98. The average Bonchev–Trinajstić information content (AvgIpc) is 3.06. The molecule has 1 fully saturated rings. The van der Waals surface area contributed by atoms with Gasteiger partial charge in [-0.05, 0) is 35.6 Å². The third kappa shape index (κ3) is 5.48. The third-order valence-electron chi connectivity index (χ3n) is 6.54. The highest BCUT2D eigenvalue weighted by atomic mass is 19.1. The number of carboxylic acid groups (broad SMARTS) is 1. The highest BCUT2D eigenvalue weighted by Crippen LogP contribution is 2.42. The van der Waals surface area contributed by atoms with Crippen LogP contribution in [0.5, 0.6) is 0 Å². The van der Waals surface area contributed by atoms with Gasteiger partial charge in [0, 0.05) is 24.0 Å². The minimum absolute atomic E-state index is 0.00913. The Morgan fingerprint density at radius 1 is 1.28 bits per heavy atom. The lowest BCUT2D eigenvalue weighted by Gasteiger charge is -2.26.